The summed E-state index contributed by atoms with van der Waals surface area (Å²) in [5.74, 6) is -1.93. The Hall–Kier alpha value is -2.81. The molecule has 0 aliphatic heterocycles. The highest BCUT2D eigenvalue weighted by atomic mass is 32.2. The Morgan fingerprint density at radius 2 is 1.68 bits per heavy atom. The van der Waals surface area contributed by atoms with Crippen LogP contribution in [0.5, 0.6) is 0 Å². The zero-order chi connectivity index (χ0) is 26.9. The fraction of sp³-hybridized carbons (Fsp3) is 0.536. The Morgan fingerprint density at radius 3 is 2.27 bits per heavy atom. The van der Waals surface area contributed by atoms with E-state index in [-0.39, 0.29) is 34.6 Å². The molecule has 0 bridgehead atoms. The number of carbonyl (C=O) groups excluding carboxylic acids is 3. The lowest BCUT2D eigenvalue weighted by Crippen LogP contribution is -2.43. The Morgan fingerprint density at radius 1 is 1.03 bits per heavy atom. The smallest absolute Gasteiger partial charge is 0.294 e. The number of Topliss-reactive ketones (excluding diaryl/α,β-unsaturated/α-hetero) is 1. The van der Waals surface area contributed by atoms with Crippen molar-refractivity contribution in [1.29, 1.82) is 0 Å². The fourth-order valence-corrected chi connectivity index (χ4v) is 6.89. The summed E-state index contributed by atoms with van der Waals surface area (Å²) in [5.41, 5.74) is 2.78. The predicted octanol–water partition coefficient (Wildman–Crippen LogP) is 4.68. The van der Waals surface area contributed by atoms with Crippen molar-refractivity contribution in [2.24, 2.45) is 7.05 Å². The maximum atomic E-state index is 13.7. The second-order valence-corrected chi connectivity index (χ2v) is 12.1. The van der Waals surface area contributed by atoms with E-state index >= 15 is 0 Å². The quantitative estimate of drug-likeness (QED) is 0.402. The molecule has 2 fully saturated rings. The van der Waals surface area contributed by atoms with Crippen LogP contribution in [-0.2, 0) is 22.6 Å². The van der Waals surface area contributed by atoms with Crippen LogP contribution < -0.4 is 10.6 Å². The van der Waals surface area contributed by atoms with Gasteiger partial charge in [0.1, 0.15) is 5.82 Å². The summed E-state index contributed by atoms with van der Waals surface area (Å²) in [5, 5.41) is 5.87. The number of aryl methyl sites for hydroxylation is 1. The van der Waals surface area contributed by atoms with Crippen molar-refractivity contribution in [1.82, 2.24) is 9.88 Å². The van der Waals surface area contributed by atoms with Gasteiger partial charge in [0.15, 0.2) is 0 Å². The van der Waals surface area contributed by atoms with Gasteiger partial charge in [-0.3, -0.25) is 18.6 Å². The van der Waals surface area contributed by atoms with Gasteiger partial charge in [-0.05, 0) is 81.7 Å². The highest BCUT2D eigenvalue weighted by Crippen LogP contribution is 2.39. The number of nitrogens with one attached hydrogen (secondary N) is 2. The van der Waals surface area contributed by atoms with Crippen LogP contribution in [0.1, 0.15) is 95.0 Å². The van der Waals surface area contributed by atoms with Gasteiger partial charge < -0.3 is 15.2 Å². The lowest BCUT2D eigenvalue weighted by Gasteiger charge is -2.27. The molecule has 7 nitrogen and oxygen atoms in total. The van der Waals surface area contributed by atoms with E-state index in [0.29, 0.717) is 35.2 Å². The lowest BCUT2D eigenvalue weighted by atomic mass is 9.94. The Balaban J connectivity index is 1.60. The summed E-state index contributed by atoms with van der Waals surface area (Å²) in [6.45, 7) is 3.35. The van der Waals surface area contributed by atoms with Gasteiger partial charge in [0, 0.05) is 52.7 Å². The summed E-state index contributed by atoms with van der Waals surface area (Å²) in [4.78, 5) is 40.0. The summed E-state index contributed by atoms with van der Waals surface area (Å²) in [7, 11) is 0.865. The van der Waals surface area contributed by atoms with Gasteiger partial charge in [-0.15, -0.1) is 0 Å². The molecule has 9 heteroatoms. The van der Waals surface area contributed by atoms with E-state index in [2.05, 4.69) is 10.6 Å². The van der Waals surface area contributed by atoms with Crippen LogP contribution in [0.3, 0.4) is 0 Å². The topological polar surface area (TPSA) is 97.3 Å². The van der Waals surface area contributed by atoms with Crippen LogP contribution in [0.4, 0.5) is 10.1 Å². The van der Waals surface area contributed by atoms with Crippen LogP contribution in [0.2, 0.25) is 0 Å². The minimum atomic E-state index is -0.887. The number of benzene rings is 1. The van der Waals surface area contributed by atoms with Crippen molar-refractivity contribution < 1.29 is 23.0 Å². The highest BCUT2D eigenvalue weighted by molar-refractivity contribution is 7.84. The maximum absolute atomic E-state index is 13.7. The molecular formula is C28H36FN3O4S. The molecule has 2 amide bonds. The number of rotatable bonds is 7. The first-order valence-corrected chi connectivity index (χ1v) is 14.6. The minimum Gasteiger partial charge on any atom is -0.346 e. The molecule has 0 radical (unpaired) electrons. The Kier molecular flexibility index (Phi) is 8.31. The van der Waals surface area contributed by atoms with Crippen molar-refractivity contribution >= 4 is 34.1 Å². The first-order valence-electron chi connectivity index (χ1n) is 13.0. The van der Waals surface area contributed by atoms with Gasteiger partial charge in [0.05, 0.1) is 11.3 Å². The van der Waals surface area contributed by atoms with Crippen LogP contribution >= 0.6 is 0 Å². The minimum absolute atomic E-state index is 0.120. The van der Waals surface area contributed by atoms with E-state index < -0.39 is 22.5 Å². The third kappa shape index (κ3) is 5.71. The number of anilines is 1. The average Bonchev–Trinajstić information content (AvgIpc) is 3.47. The molecule has 0 spiro atoms. The van der Waals surface area contributed by atoms with E-state index in [1.54, 1.807) is 37.8 Å². The zero-order valence-electron chi connectivity index (χ0n) is 22.0. The summed E-state index contributed by atoms with van der Waals surface area (Å²) >= 11 is 0. The number of carbonyl (C=O) groups is 3. The van der Waals surface area contributed by atoms with Crippen molar-refractivity contribution in [2.45, 2.75) is 82.4 Å². The summed E-state index contributed by atoms with van der Waals surface area (Å²) < 4.78 is 27.2. The third-order valence-corrected chi connectivity index (χ3v) is 9.38. The monoisotopic (exact) mass is 529 g/mol. The first kappa shape index (κ1) is 27.2. The summed E-state index contributed by atoms with van der Waals surface area (Å²) in [6, 6.07) is 4.26. The first-order chi connectivity index (χ1) is 17.6. The second kappa shape index (κ2) is 11.3. The van der Waals surface area contributed by atoms with Gasteiger partial charge in [-0.25, -0.2) is 4.39 Å². The Bertz CT molecular complexity index is 1240. The summed E-state index contributed by atoms with van der Waals surface area (Å²) in [6.07, 6.45) is 8.50. The van der Waals surface area contributed by atoms with E-state index in [1.807, 2.05) is 0 Å². The zero-order valence-corrected chi connectivity index (χ0v) is 22.8. The molecule has 1 aromatic carbocycles. The predicted molar refractivity (Wildman–Crippen MR) is 143 cm³/mol. The van der Waals surface area contributed by atoms with E-state index in [1.165, 1.54) is 12.1 Å². The molecule has 2 saturated carbocycles. The van der Waals surface area contributed by atoms with E-state index in [9.17, 15) is 23.0 Å². The van der Waals surface area contributed by atoms with Crippen molar-refractivity contribution in [3.63, 3.8) is 0 Å². The molecule has 1 aromatic heterocycles. The van der Waals surface area contributed by atoms with Crippen LogP contribution in [0, 0.1) is 19.7 Å². The fourth-order valence-electron chi connectivity index (χ4n) is 5.95. The van der Waals surface area contributed by atoms with Gasteiger partial charge >= 0.3 is 0 Å². The normalized spacial score (nSPS) is 21.0. The average molecular weight is 530 g/mol. The van der Waals surface area contributed by atoms with Gasteiger partial charge in [-0.2, -0.15) is 0 Å². The van der Waals surface area contributed by atoms with Gasteiger partial charge in [0.25, 0.3) is 17.6 Å². The van der Waals surface area contributed by atoms with Gasteiger partial charge in [0.2, 0.25) is 0 Å². The van der Waals surface area contributed by atoms with Crippen LogP contribution in [0.25, 0.3) is 0 Å². The molecule has 0 saturated heterocycles. The number of amides is 2. The molecule has 37 heavy (non-hydrogen) atoms. The molecular weight excluding hydrogens is 493 g/mol. The van der Waals surface area contributed by atoms with Crippen molar-refractivity contribution in [3.8, 4) is 0 Å². The number of hydrogen-bond donors (Lipinski definition) is 2. The second-order valence-electron chi connectivity index (χ2n) is 10.5. The van der Waals surface area contributed by atoms with Gasteiger partial charge in [-0.1, -0.05) is 12.8 Å². The molecule has 1 heterocycles. The number of halogens is 1. The number of nitrogens with zero attached hydrogens (tertiary/aromatic N) is 1. The maximum Gasteiger partial charge on any atom is 0.294 e. The molecule has 2 aliphatic carbocycles. The van der Waals surface area contributed by atoms with E-state index in [0.717, 1.165) is 44.2 Å². The molecule has 1 atom stereocenters. The largest absolute Gasteiger partial charge is 0.346 e. The standard InChI is InChI=1S/C28H36FN3O4S/c1-16-15-20(11-14-22(16)29)31-27(34)23-17(2)24(32(3)25(23)18-7-5-6-8-18)26(33)28(35)30-19-9-12-21(13-10-19)37(4)36/h11,14-15,18-19,21H,5-10,12-13H2,1-4H3,(H,30,35)(H,31,34). The molecule has 4 rings (SSSR count). The Labute approximate surface area is 220 Å². The molecule has 2 aliphatic rings. The third-order valence-electron chi connectivity index (χ3n) is 7.97. The lowest BCUT2D eigenvalue weighted by molar-refractivity contribution is -0.117. The van der Waals surface area contributed by atoms with Crippen molar-refractivity contribution in [3.05, 3.63) is 52.1 Å². The number of ketones is 1. The molecule has 2 aromatic rings. The molecule has 2 N–H and O–H groups in total. The van der Waals surface area contributed by atoms with Crippen molar-refractivity contribution in [2.75, 3.05) is 11.6 Å². The number of aromatic nitrogens is 1. The molecule has 200 valence electrons. The highest BCUT2D eigenvalue weighted by Gasteiger charge is 2.35. The molecule has 1 unspecified atom stereocenters. The SMILES string of the molecule is Cc1cc(NC(=O)c2c(C)c(C(=O)C(=O)NC3CCC(S(C)=O)CC3)n(C)c2C2CCCC2)ccc1F. The number of hydrogen-bond acceptors (Lipinski definition) is 4. The van der Waals surface area contributed by atoms with E-state index in [4.69, 9.17) is 0 Å². The van der Waals surface area contributed by atoms with Crippen LogP contribution in [0.15, 0.2) is 18.2 Å². The van der Waals surface area contributed by atoms with Crippen LogP contribution in [-0.4, -0.2) is 43.9 Å².